The zero-order chi connectivity index (χ0) is 15.5. The molecule has 110 valence electrons. The minimum atomic E-state index is 0.986. The fourth-order valence-corrected chi connectivity index (χ4v) is 3.58. The number of nitrogens with zero attached hydrogens (tertiary/aromatic N) is 2. The molecule has 0 aliphatic carbocycles. The Hall–Kier alpha value is -2.65. The van der Waals surface area contributed by atoms with Crippen LogP contribution in [0.5, 0.6) is 0 Å². The van der Waals surface area contributed by atoms with Gasteiger partial charge >= 0.3 is 0 Å². The first-order valence-corrected chi connectivity index (χ1v) is 8.25. The molecule has 0 unspecified atom stereocenters. The molecule has 0 radical (unpaired) electrons. The SMILES string of the molecule is C1=NC(c2ccccc2)=C(c2ccccc2)Sc2ncccc21. The molecule has 2 nitrogen and oxygen atoms in total. The maximum atomic E-state index is 4.79. The third kappa shape index (κ3) is 2.83. The van der Waals surface area contributed by atoms with Crippen LogP contribution in [-0.4, -0.2) is 11.2 Å². The highest BCUT2D eigenvalue weighted by molar-refractivity contribution is 8.08. The van der Waals surface area contributed by atoms with E-state index in [0.717, 1.165) is 32.3 Å². The Morgan fingerprint density at radius 1 is 0.696 bits per heavy atom. The summed E-state index contributed by atoms with van der Waals surface area (Å²) in [5.74, 6) is 0. The quantitative estimate of drug-likeness (QED) is 0.655. The predicted molar refractivity (Wildman–Crippen MR) is 97.4 cm³/mol. The average molecular weight is 314 g/mol. The number of rotatable bonds is 2. The molecule has 0 saturated heterocycles. The van der Waals surface area contributed by atoms with E-state index in [1.807, 2.05) is 42.7 Å². The van der Waals surface area contributed by atoms with Crippen LogP contribution in [0.4, 0.5) is 0 Å². The zero-order valence-electron chi connectivity index (χ0n) is 12.4. The molecule has 1 aromatic heterocycles. The van der Waals surface area contributed by atoms with Gasteiger partial charge in [-0.3, -0.25) is 4.99 Å². The van der Waals surface area contributed by atoms with Crippen LogP contribution in [0.2, 0.25) is 0 Å². The molecule has 0 bridgehead atoms. The third-order valence-electron chi connectivity index (χ3n) is 3.63. The standard InChI is InChI=1S/C20H14N2S/c1-3-8-15(9-4-1)18-19(16-10-5-2-6-11-16)23-20-17(14-22-18)12-7-13-21-20/h1-14H. The van der Waals surface area contributed by atoms with Crippen LogP contribution in [-0.2, 0) is 0 Å². The van der Waals surface area contributed by atoms with Crippen LogP contribution in [0.1, 0.15) is 16.7 Å². The van der Waals surface area contributed by atoms with Crippen molar-refractivity contribution in [2.45, 2.75) is 5.03 Å². The van der Waals surface area contributed by atoms with Crippen molar-refractivity contribution in [1.82, 2.24) is 4.98 Å². The molecule has 0 atom stereocenters. The molecular weight excluding hydrogens is 300 g/mol. The number of pyridine rings is 1. The second-order valence-electron chi connectivity index (χ2n) is 5.17. The molecule has 3 heteroatoms. The summed E-state index contributed by atoms with van der Waals surface area (Å²) >= 11 is 1.68. The Labute approximate surface area is 139 Å². The predicted octanol–water partition coefficient (Wildman–Crippen LogP) is 5.13. The van der Waals surface area contributed by atoms with Gasteiger partial charge in [0.25, 0.3) is 0 Å². The van der Waals surface area contributed by atoms with Crippen molar-refractivity contribution in [2.24, 2.45) is 4.99 Å². The van der Waals surface area contributed by atoms with E-state index in [9.17, 15) is 0 Å². The van der Waals surface area contributed by atoms with Gasteiger partial charge in [-0.05, 0) is 17.7 Å². The van der Waals surface area contributed by atoms with Crippen LogP contribution in [0.25, 0.3) is 10.6 Å². The van der Waals surface area contributed by atoms with E-state index < -0.39 is 0 Å². The van der Waals surface area contributed by atoms with Crippen molar-refractivity contribution in [2.75, 3.05) is 0 Å². The van der Waals surface area contributed by atoms with Gasteiger partial charge in [0, 0.05) is 28.4 Å². The summed E-state index contributed by atoms with van der Waals surface area (Å²) in [4.78, 5) is 10.4. The van der Waals surface area contributed by atoms with Gasteiger partial charge in [-0.2, -0.15) is 0 Å². The van der Waals surface area contributed by atoms with E-state index in [2.05, 4.69) is 47.4 Å². The Balaban J connectivity index is 1.94. The summed E-state index contributed by atoms with van der Waals surface area (Å²) < 4.78 is 0. The van der Waals surface area contributed by atoms with Crippen molar-refractivity contribution in [1.29, 1.82) is 0 Å². The molecule has 23 heavy (non-hydrogen) atoms. The Kier molecular flexibility index (Phi) is 3.78. The maximum absolute atomic E-state index is 4.79. The Morgan fingerprint density at radius 3 is 2.13 bits per heavy atom. The largest absolute Gasteiger partial charge is 0.254 e. The molecule has 0 spiro atoms. The number of thioether (sulfide) groups is 1. The van der Waals surface area contributed by atoms with Gasteiger partial charge in [0.05, 0.1) is 5.70 Å². The average Bonchev–Trinajstić information content (AvgIpc) is 2.83. The van der Waals surface area contributed by atoms with Crippen LogP contribution in [0, 0.1) is 0 Å². The molecule has 0 fully saturated rings. The van der Waals surface area contributed by atoms with E-state index in [-0.39, 0.29) is 0 Å². The second kappa shape index (κ2) is 6.23. The van der Waals surface area contributed by atoms with Crippen molar-refractivity contribution in [3.63, 3.8) is 0 Å². The van der Waals surface area contributed by atoms with Crippen molar-refractivity contribution >= 4 is 28.6 Å². The first-order valence-electron chi connectivity index (χ1n) is 7.44. The second-order valence-corrected chi connectivity index (χ2v) is 6.17. The molecule has 2 aromatic carbocycles. The number of benzene rings is 2. The van der Waals surface area contributed by atoms with Gasteiger partial charge in [-0.1, -0.05) is 72.4 Å². The van der Waals surface area contributed by atoms with Crippen molar-refractivity contribution in [3.8, 4) is 0 Å². The minimum Gasteiger partial charge on any atom is -0.254 e. The van der Waals surface area contributed by atoms with Gasteiger partial charge in [0.15, 0.2) is 0 Å². The molecule has 3 aromatic rings. The van der Waals surface area contributed by atoms with Crippen molar-refractivity contribution in [3.05, 3.63) is 95.7 Å². The molecular formula is C20H14N2S. The molecule has 2 heterocycles. The van der Waals surface area contributed by atoms with Crippen molar-refractivity contribution < 1.29 is 0 Å². The Morgan fingerprint density at radius 2 is 1.39 bits per heavy atom. The lowest BCUT2D eigenvalue weighted by Gasteiger charge is -2.11. The molecule has 0 amide bonds. The fraction of sp³-hybridized carbons (Fsp3) is 0. The molecule has 1 aliphatic rings. The first kappa shape index (κ1) is 14.0. The monoisotopic (exact) mass is 314 g/mol. The molecule has 0 N–H and O–H groups in total. The highest BCUT2D eigenvalue weighted by atomic mass is 32.2. The van der Waals surface area contributed by atoms with Gasteiger partial charge in [0.1, 0.15) is 5.03 Å². The van der Waals surface area contributed by atoms with E-state index >= 15 is 0 Å². The topological polar surface area (TPSA) is 25.2 Å². The lowest BCUT2D eigenvalue weighted by Crippen LogP contribution is -1.88. The summed E-state index contributed by atoms with van der Waals surface area (Å²) in [6, 6.07) is 24.7. The number of fused-ring (bicyclic) bond motifs is 1. The normalized spacial score (nSPS) is 13.6. The number of aliphatic imine (C=N–C) groups is 1. The van der Waals surface area contributed by atoms with Gasteiger partial charge in [0.2, 0.25) is 0 Å². The van der Waals surface area contributed by atoms with Crippen LogP contribution in [0.3, 0.4) is 0 Å². The van der Waals surface area contributed by atoms with Gasteiger partial charge in [-0.25, -0.2) is 4.98 Å². The summed E-state index contributed by atoms with van der Waals surface area (Å²) in [6.07, 6.45) is 3.74. The highest BCUT2D eigenvalue weighted by Crippen LogP contribution is 2.42. The molecule has 1 aliphatic heterocycles. The third-order valence-corrected chi connectivity index (χ3v) is 4.80. The summed E-state index contributed by atoms with van der Waals surface area (Å²) in [6.45, 7) is 0. The number of hydrogen-bond acceptors (Lipinski definition) is 3. The van der Waals surface area contributed by atoms with E-state index in [1.54, 1.807) is 11.8 Å². The molecule has 4 rings (SSSR count). The van der Waals surface area contributed by atoms with Gasteiger partial charge < -0.3 is 0 Å². The lowest BCUT2D eigenvalue weighted by atomic mass is 10.1. The summed E-state index contributed by atoms with van der Waals surface area (Å²) in [5.41, 5.74) is 4.31. The highest BCUT2D eigenvalue weighted by Gasteiger charge is 2.17. The smallest absolute Gasteiger partial charge is 0.110 e. The first-order chi connectivity index (χ1) is 11.4. The Bertz CT molecular complexity index is 884. The number of hydrogen-bond donors (Lipinski definition) is 0. The number of aromatic nitrogens is 1. The summed E-state index contributed by atoms with van der Waals surface area (Å²) in [7, 11) is 0. The lowest BCUT2D eigenvalue weighted by molar-refractivity contribution is 1.13. The van der Waals surface area contributed by atoms with Crippen LogP contribution < -0.4 is 0 Å². The molecule has 0 saturated carbocycles. The van der Waals surface area contributed by atoms with E-state index in [0.29, 0.717) is 0 Å². The van der Waals surface area contributed by atoms with E-state index in [1.165, 1.54) is 0 Å². The maximum Gasteiger partial charge on any atom is 0.110 e. The van der Waals surface area contributed by atoms with Crippen LogP contribution in [0.15, 0.2) is 89.0 Å². The van der Waals surface area contributed by atoms with Gasteiger partial charge in [-0.15, -0.1) is 0 Å². The zero-order valence-corrected chi connectivity index (χ0v) is 13.2. The minimum absolute atomic E-state index is 0.986. The van der Waals surface area contributed by atoms with Crippen LogP contribution >= 0.6 is 11.8 Å². The summed E-state index contributed by atoms with van der Waals surface area (Å²) in [5, 5.41) is 0.987. The van der Waals surface area contributed by atoms with E-state index in [4.69, 9.17) is 4.99 Å². The fourth-order valence-electron chi connectivity index (χ4n) is 2.51.